The summed E-state index contributed by atoms with van der Waals surface area (Å²) in [6.45, 7) is 0. The van der Waals surface area contributed by atoms with E-state index in [4.69, 9.17) is 10.5 Å². The molecule has 16 heavy (non-hydrogen) atoms. The van der Waals surface area contributed by atoms with Crippen LogP contribution in [0, 0.1) is 5.82 Å². The second-order valence-corrected chi connectivity index (χ2v) is 3.74. The topological polar surface area (TPSA) is 61.0 Å². The van der Waals surface area contributed by atoms with Gasteiger partial charge in [-0.1, -0.05) is 6.07 Å². The van der Waals surface area contributed by atoms with E-state index in [1.807, 2.05) is 0 Å². The Morgan fingerprint density at radius 2 is 1.94 bits per heavy atom. The highest BCUT2D eigenvalue weighted by molar-refractivity contribution is 9.10. The lowest BCUT2D eigenvalue weighted by Gasteiger charge is -2.06. The van der Waals surface area contributed by atoms with Crippen LogP contribution in [0.1, 0.15) is 0 Å². The van der Waals surface area contributed by atoms with Crippen LogP contribution in [0.3, 0.4) is 0 Å². The van der Waals surface area contributed by atoms with Crippen LogP contribution in [-0.4, -0.2) is 9.97 Å². The number of nitrogens with zero attached hydrogens (tertiary/aromatic N) is 2. The molecule has 0 atom stereocenters. The molecule has 0 aliphatic rings. The lowest BCUT2D eigenvalue weighted by atomic mass is 10.3. The molecule has 1 heterocycles. The summed E-state index contributed by atoms with van der Waals surface area (Å²) in [5, 5.41) is 0. The average Bonchev–Trinajstić information content (AvgIpc) is 2.28. The summed E-state index contributed by atoms with van der Waals surface area (Å²) in [6.07, 6.45) is 2.06. The minimum Gasteiger partial charge on any atom is -0.423 e. The Labute approximate surface area is 99.4 Å². The number of halogens is 2. The van der Waals surface area contributed by atoms with Crippen LogP contribution in [0.4, 0.5) is 10.1 Å². The smallest absolute Gasteiger partial charge is 0.322 e. The predicted octanol–water partition coefficient (Wildman–Crippen LogP) is 2.75. The molecule has 0 spiro atoms. The summed E-state index contributed by atoms with van der Waals surface area (Å²) >= 11 is 3.27. The van der Waals surface area contributed by atoms with Crippen molar-refractivity contribution in [3.05, 3.63) is 40.9 Å². The Hall–Kier alpha value is -1.69. The van der Waals surface area contributed by atoms with E-state index >= 15 is 0 Å². The van der Waals surface area contributed by atoms with Gasteiger partial charge in [0, 0.05) is 5.69 Å². The summed E-state index contributed by atoms with van der Waals surface area (Å²) in [5.41, 5.74) is 6.21. The SMILES string of the molecule is Nc1cccc(Oc2ncc(F)cn2)c1Br. The zero-order chi connectivity index (χ0) is 11.5. The fourth-order valence-electron chi connectivity index (χ4n) is 1.06. The van der Waals surface area contributed by atoms with Gasteiger partial charge in [0.25, 0.3) is 0 Å². The molecule has 0 aliphatic heterocycles. The fraction of sp³-hybridized carbons (Fsp3) is 0. The number of rotatable bonds is 2. The lowest BCUT2D eigenvalue weighted by Crippen LogP contribution is -1.94. The third-order valence-corrected chi connectivity index (χ3v) is 2.64. The van der Waals surface area contributed by atoms with E-state index in [2.05, 4.69) is 25.9 Å². The Bertz CT molecular complexity index is 504. The molecule has 0 unspecified atom stereocenters. The van der Waals surface area contributed by atoms with Crippen LogP contribution in [0.25, 0.3) is 0 Å². The Kier molecular flexibility index (Phi) is 3.00. The summed E-state index contributed by atoms with van der Waals surface area (Å²) in [5.74, 6) is -0.0365. The van der Waals surface area contributed by atoms with Crippen molar-refractivity contribution in [2.45, 2.75) is 0 Å². The number of hydrogen-bond donors (Lipinski definition) is 1. The molecule has 2 N–H and O–H groups in total. The van der Waals surface area contributed by atoms with E-state index in [1.165, 1.54) is 0 Å². The highest BCUT2D eigenvalue weighted by Crippen LogP contribution is 2.32. The van der Waals surface area contributed by atoms with Gasteiger partial charge in [0.2, 0.25) is 0 Å². The van der Waals surface area contributed by atoms with Crippen LogP contribution in [0.5, 0.6) is 11.8 Å². The molecule has 2 rings (SSSR count). The number of ether oxygens (including phenoxy) is 1. The van der Waals surface area contributed by atoms with Crippen LogP contribution in [0.2, 0.25) is 0 Å². The number of aromatic nitrogens is 2. The number of benzene rings is 1. The van der Waals surface area contributed by atoms with Gasteiger partial charge in [-0.05, 0) is 28.1 Å². The zero-order valence-corrected chi connectivity index (χ0v) is 9.61. The highest BCUT2D eigenvalue weighted by Gasteiger charge is 2.06. The van der Waals surface area contributed by atoms with Crippen molar-refractivity contribution in [3.63, 3.8) is 0 Å². The molecular weight excluding hydrogens is 277 g/mol. The first kappa shape index (κ1) is 10.8. The van der Waals surface area contributed by atoms with Crippen LogP contribution in [0.15, 0.2) is 35.1 Å². The summed E-state index contributed by atoms with van der Waals surface area (Å²) in [7, 11) is 0. The Morgan fingerprint density at radius 3 is 2.62 bits per heavy atom. The number of anilines is 1. The fourth-order valence-corrected chi connectivity index (χ4v) is 1.40. The van der Waals surface area contributed by atoms with E-state index in [0.717, 1.165) is 12.4 Å². The second kappa shape index (κ2) is 4.44. The van der Waals surface area contributed by atoms with Crippen molar-refractivity contribution in [2.24, 2.45) is 0 Å². The molecule has 82 valence electrons. The summed E-state index contributed by atoms with van der Waals surface area (Å²) in [4.78, 5) is 7.35. The van der Waals surface area contributed by atoms with Crippen LogP contribution in [-0.2, 0) is 0 Å². The van der Waals surface area contributed by atoms with E-state index in [9.17, 15) is 4.39 Å². The quantitative estimate of drug-likeness (QED) is 0.861. The van der Waals surface area contributed by atoms with Gasteiger partial charge < -0.3 is 10.5 Å². The van der Waals surface area contributed by atoms with Crippen molar-refractivity contribution >= 4 is 21.6 Å². The average molecular weight is 284 g/mol. The third kappa shape index (κ3) is 2.27. The summed E-state index contributed by atoms with van der Waals surface area (Å²) < 4.78 is 18.5. The molecule has 2 aromatic rings. The molecule has 4 nitrogen and oxygen atoms in total. The molecule has 0 fully saturated rings. The van der Waals surface area contributed by atoms with Crippen molar-refractivity contribution in [2.75, 3.05) is 5.73 Å². The van der Waals surface area contributed by atoms with Gasteiger partial charge in [-0.15, -0.1) is 0 Å². The van der Waals surface area contributed by atoms with Gasteiger partial charge in [0.1, 0.15) is 5.75 Å². The molecule has 1 aromatic heterocycles. The number of hydrogen-bond acceptors (Lipinski definition) is 4. The Balaban J connectivity index is 2.27. The maximum absolute atomic E-state index is 12.6. The number of nitrogen functional groups attached to an aromatic ring is 1. The normalized spacial score (nSPS) is 10.1. The van der Waals surface area contributed by atoms with Crippen molar-refractivity contribution in [1.82, 2.24) is 9.97 Å². The van der Waals surface area contributed by atoms with Crippen LogP contribution < -0.4 is 10.5 Å². The standard InChI is InChI=1S/C10H7BrFN3O/c11-9-7(13)2-1-3-8(9)16-10-14-4-6(12)5-15-10/h1-5H,13H2. The Morgan fingerprint density at radius 1 is 1.25 bits per heavy atom. The van der Waals surface area contributed by atoms with E-state index in [-0.39, 0.29) is 6.01 Å². The molecule has 0 amide bonds. The monoisotopic (exact) mass is 283 g/mol. The molecule has 0 radical (unpaired) electrons. The molecule has 1 aromatic carbocycles. The third-order valence-electron chi connectivity index (χ3n) is 1.79. The largest absolute Gasteiger partial charge is 0.423 e. The van der Waals surface area contributed by atoms with Crippen molar-refractivity contribution in [3.8, 4) is 11.8 Å². The maximum atomic E-state index is 12.6. The second-order valence-electron chi connectivity index (χ2n) is 2.95. The maximum Gasteiger partial charge on any atom is 0.322 e. The molecule has 6 heteroatoms. The summed E-state index contributed by atoms with van der Waals surface area (Å²) in [6, 6.07) is 5.22. The minimum atomic E-state index is -0.515. The van der Waals surface area contributed by atoms with Gasteiger partial charge >= 0.3 is 6.01 Å². The van der Waals surface area contributed by atoms with E-state index in [1.54, 1.807) is 18.2 Å². The zero-order valence-electron chi connectivity index (χ0n) is 8.02. The molecular formula is C10H7BrFN3O. The number of nitrogens with two attached hydrogens (primary N) is 1. The van der Waals surface area contributed by atoms with E-state index in [0.29, 0.717) is 15.9 Å². The van der Waals surface area contributed by atoms with Gasteiger partial charge in [-0.2, -0.15) is 0 Å². The molecule has 0 saturated carbocycles. The van der Waals surface area contributed by atoms with Gasteiger partial charge in [0.05, 0.1) is 16.9 Å². The first-order valence-corrected chi connectivity index (χ1v) is 5.15. The molecule has 0 bridgehead atoms. The first-order valence-electron chi connectivity index (χ1n) is 4.36. The van der Waals surface area contributed by atoms with E-state index < -0.39 is 5.82 Å². The highest BCUT2D eigenvalue weighted by atomic mass is 79.9. The predicted molar refractivity (Wildman–Crippen MR) is 60.6 cm³/mol. The first-order chi connectivity index (χ1) is 7.66. The van der Waals surface area contributed by atoms with Crippen molar-refractivity contribution in [1.29, 1.82) is 0 Å². The van der Waals surface area contributed by atoms with Gasteiger partial charge in [-0.3, -0.25) is 0 Å². The molecule has 0 aliphatic carbocycles. The van der Waals surface area contributed by atoms with Gasteiger partial charge in [0.15, 0.2) is 5.82 Å². The molecule has 0 saturated heterocycles. The van der Waals surface area contributed by atoms with Crippen LogP contribution >= 0.6 is 15.9 Å². The van der Waals surface area contributed by atoms with Crippen molar-refractivity contribution < 1.29 is 9.13 Å². The lowest BCUT2D eigenvalue weighted by molar-refractivity contribution is 0.434. The minimum absolute atomic E-state index is 0.0627. The van der Waals surface area contributed by atoms with Gasteiger partial charge in [-0.25, -0.2) is 14.4 Å².